The summed E-state index contributed by atoms with van der Waals surface area (Å²) in [6, 6.07) is 11.7. The second-order valence-corrected chi connectivity index (χ2v) is 10.7. The Morgan fingerprint density at radius 3 is 2.49 bits per heavy atom. The Bertz CT molecular complexity index is 1150. The van der Waals surface area contributed by atoms with Crippen molar-refractivity contribution in [3.8, 4) is 5.75 Å². The minimum Gasteiger partial charge on any atom is -0.488 e. The van der Waals surface area contributed by atoms with E-state index in [1.54, 1.807) is 12.1 Å². The first-order valence-electron chi connectivity index (χ1n) is 13.4. The van der Waals surface area contributed by atoms with Gasteiger partial charge in [0.1, 0.15) is 17.7 Å². The van der Waals surface area contributed by atoms with Crippen LogP contribution in [0.2, 0.25) is 0 Å². The molecule has 3 fully saturated rings. The van der Waals surface area contributed by atoms with Crippen molar-refractivity contribution >= 4 is 5.91 Å². The summed E-state index contributed by atoms with van der Waals surface area (Å²) in [4.78, 5) is 14.9. The number of piperidine rings is 2. The summed E-state index contributed by atoms with van der Waals surface area (Å²) in [5.74, 6) is -1.06. The number of benzene rings is 2. The largest absolute Gasteiger partial charge is 0.488 e. The molecule has 3 atom stereocenters. The molecule has 0 unspecified atom stereocenters. The van der Waals surface area contributed by atoms with Crippen LogP contribution in [0, 0.1) is 11.2 Å². The van der Waals surface area contributed by atoms with Crippen molar-refractivity contribution in [1.82, 2.24) is 10.2 Å². The van der Waals surface area contributed by atoms with E-state index >= 15 is 0 Å². The Kier molecular flexibility index (Phi) is 7.90. The molecule has 0 aromatic heterocycles. The molecule has 0 aliphatic carbocycles. The van der Waals surface area contributed by atoms with Crippen molar-refractivity contribution < 1.29 is 36.6 Å². The molecule has 3 saturated heterocycles. The molecule has 1 spiro atoms. The summed E-state index contributed by atoms with van der Waals surface area (Å²) in [5.41, 5.74) is -2.71. The number of carbonyl (C=O) groups is 1. The van der Waals surface area contributed by atoms with Crippen LogP contribution in [0.1, 0.15) is 42.7 Å². The Morgan fingerprint density at radius 1 is 1.10 bits per heavy atom. The lowest BCUT2D eigenvalue weighted by Crippen LogP contribution is -2.59. The van der Waals surface area contributed by atoms with Gasteiger partial charge in [0.25, 0.3) is 11.5 Å². The quantitative estimate of drug-likeness (QED) is 0.525. The van der Waals surface area contributed by atoms with Crippen molar-refractivity contribution in [2.24, 2.45) is 5.41 Å². The van der Waals surface area contributed by atoms with Crippen molar-refractivity contribution in [3.05, 3.63) is 65.5 Å². The Morgan fingerprint density at radius 2 is 1.85 bits per heavy atom. The maximum atomic E-state index is 14.5. The molecule has 6 nitrogen and oxygen atoms in total. The second kappa shape index (κ2) is 11.1. The first-order valence-corrected chi connectivity index (χ1v) is 13.4. The number of nitrogens with zero attached hydrogens (tertiary/aromatic N) is 1. The van der Waals surface area contributed by atoms with Gasteiger partial charge in [-0.25, -0.2) is 4.39 Å². The predicted octanol–water partition coefficient (Wildman–Crippen LogP) is 4.78. The highest BCUT2D eigenvalue weighted by Crippen LogP contribution is 2.52. The lowest BCUT2D eigenvalue weighted by Gasteiger charge is -2.51. The van der Waals surface area contributed by atoms with E-state index in [1.807, 2.05) is 0 Å². The third-order valence-corrected chi connectivity index (χ3v) is 8.65. The number of hydrogen-bond donors (Lipinski definition) is 1. The maximum Gasteiger partial charge on any atom is 0.430 e. The summed E-state index contributed by atoms with van der Waals surface area (Å²) in [5, 5.41) is 3.43. The fourth-order valence-electron chi connectivity index (χ4n) is 6.48. The zero-order chi connectivity index (χ0) is 27.7. The molecule has 39 heavy (non-hydrogen) atoms. The summed E-state index contributed by atoms with van der Waals surface area (Å²) in [6.45, 7) is 2.76. The molecule has 3 aliphatic heterocycles. The summed E-state index contributed by atoms with van der Waals surface area (Å²) in [7, 11) is 0.929. The molecule has 0 saturated carbocycles. The van der Waals surface area contributed by atoms with E-state index in [2.05, 4.69) is 5.32 Å². The van der Waals surface area contributed by atoms with Crippen molar-refractivity contribution in [3.63, 3.8) is 0 Å². The van der Waals surface area contributed by atoms with Crippen LogP contribution in [0.15, 0.2) is 48.5 Å². The van der Waals surface area contributed by atoms with Crippen LogP contribution in [0.4, 0.5) is 17.6 Å². The lowest BCUT2D eigenvalue weighted by molar-refractivity contribution is -0.271. The van der Waals surface area contributed by atoms with Gasteiger partial charge < -0.3 is 24.4 Å². The van der Waals surface area contributed by atoms with E-state index in [4.69, 9.17) is 14.2 Å². The van der Waals surface area contributed by atoms with Gasteiger partial charge in [-0.05, 0) is 42.9 Å². The molecule has 3 heterocycles. The fourth-order valence-corrected chi connectivity index (χ4v) is 6.48. The van der Waals surface area contributed by atoms with Gasteiger partial charge in [0.05, 0.1) is 13.2 Å². The van der Waals surface area contributed by atoms with Crippen molar-refractivity contribution in [1.29, 1.82) is 0 Å². The van der Waals surface area contributed by atoms with E-state index in [9.17, 15) is 22.4 Å². The van der Waals surface area contributed by atoms with Crippen molar-refractivity contribution in [2.75, 3.05) is 46.5 Å². The van der Waals surface area contributed by atoms with E-state index in [1.165, 1.54) is 41.3 Å². The van der Waals surface area contributed by atoms with E-state index in [0.29, 0.717) is 38.3 Å². The Labute approximate surface area is 225 Å². The summed E-state index contributed by atoms with van der Waals surface area (Å²) < 4.78 is 74.4. The number of halogens is 4. The number of nitrogens with one attached hydrogen (secondary N) is 1. The predicted molar refractivity (Wildman–Crippen MR) is 136 cm³/mol. The van der Waals surface area contributed by atoms with Crippen LogP contribution in [0.5, 0.6) is 5.75 Å². The number of alkyl halides is 3. The molecule has 2 aromatic rings. The van der Waals surface area contributed by atoms with Gasteiger partial charge in [0, 0.05) is 50.7 Å². The standard InChI is InChI=1S/C29H34F4N2O4/c1-37-28(29(31,32)33,20-5-3-2-4-6-20)26(36)35-14-11-27(12-15-35)10-13-34-18-24(27)23-8-7-21(30)17-25(23)39-22-9-16-38-19-22/h2-8,17,22,24,34H,9-16,18-19H2,1H3/t22-,24+,28-/m1/s1. The van der Waals surface area contributed by atoms with Crippen LogP contribution in [-0.2, 0) is 19.9 Å². The van der Waals surface area contributed by atoms with Gasteiger partial charge in [-0.2, -0.15) is 13.2 Å². The molecule has 0 bridgehead atoms. The Balaban J connectivity index is 1.40. The molecule has 5 rings (SSSR count). The fraction of sp³-hybridized carbons (Fsp3) is 0.552. The van der Waals surface area contributed by atoms with Gasteiger partial charge in [-0.15, -0.1) is 0 Å². The molecular formula is C29H34F4N2O4. The van der Waals surface area contributed by atoms with Gasteiger partial charge in [-0.3, -0.25) is 4.79 Å². The topological polar surface area (TPSA) is 60.0 Å². The highest BCUT2D eigenvalue weighted by molar-refractivity contribution is 5.88. The van der Waals surface area contributed by atoms with Crippen LogP contribution in [0.25, 0.3) is 0 Å². The van der Waals surface area contributed by atoms with E-state index in [0.717, 1.165) is 32.1 Å². The molecule has 0 radical (unpaired) electrons. The third-order valence-electron chi connectivity index (χ3n) is 8.65. The van der Waals surface area contributed by atoms with E-state index < -0.39 is 23.5 Å². The average molecular weight is 551 g/mol. The molecule has 1 N–H and O–H groups in total. The third kappa shape index (κ3) is 5.14. The van der Waals surface area contributed by atoms with Crippen LogP contribution in [0.3, 0.4) is 0 Å². The van der Waals surface area contributed by atoms with E-state index in [-0.39, 0.29) is 36.1 Å². The van der Waals surface area contributed by atoms with Crippen LogP contribution < -0.4 is 10.1 Å². The van der Waals surface area contributed by atoms with Gasteiger partial charge in [-0.1, -0.05) is 36.4 Å². The average Bonchev–Trinajstić information content (AvgIpc) is 3.43. The van der Waals surface area contributed by atoms with Crippen LogP contribution >= 0.6 is 0 Å². The van der Waals surface area contributed by atoms with Crippen molar-refractivity contribution in [2.45, 2.75) is 49.5 Å². The van der Waals surface area contributed by atoms with Gasteiger partial charge in [0.2, 0.25) is 0 Å². The van der Waals surface area contributed by atoms with Gasteiger partial charge >= 0.3 is 6.18 Å². The molecule has 212 valence electrons. The number of carbonyl (C=O) groups excluding carboxylic acids is 1. The highest BCUT2D eigenvalue weighted by atomic mass is 19.4. The van der Waals surface area contributed by atoms with Gasteiger partial charge in [0.15, 0.2) is 0 Å². The number of likely N-dealkylation sites (tertiary alicyclic amines) is 1. The number of hydrogen-bond acceptors (Lipinski definition) is 5. The first kappa shape index (κ1) is 27.9. The molecule has 2 aromatic carbocycles. The number of rotatable bonds is 6. The first-order chi connectivity index (χ1) is 18.7. The smallest absolute Gasteiger partial charge is 0.430 e. The maximum absolute atomic E-state index is 14.5. The monoisotopic (exact) mass is 550 g/mol. The van der Waals surface area contributed by atoms with Crippen LogP contribution in [-0.4, -0.2) is 69.6 Å². The molecule has 3 aliphatic rings. The second-order valence-electron chi connectivity index (χ2n) is 10.7. The molecular weight excluding hydrogens is 516 g/mol. The Hall–Kier alpha value is -2.69. The number of ether oxygens (including phenoxy) is 3. The minimum atomic E-state index is -4.95. The highest BCUT2D eigenvalue weighted by Gasteiger charge is 2.64. The number of methoxy groups -OCH3 is 1. The minimum absolute atomic E-state index is 0.0506. The lowest BCUT2D eigenvalue weighted by atomic mass is 9.62. The normalized spacial score (nSPS) is 24.9. The molecule has 1 amide bonds. The summed E-state index contributed by atoms with van der Waals surface area (Å²) >= 11 is 0. The summed E-state index contributed by atoms with van der Waals surface area (Å²) in [6.07, 6.45) is -2.56. The SMILES string of the molecule is CO[C@@](C(=O)N1CCC2(CCNC[C@H]2c2ccc(F)cc2O[C@@H]2CCOC2)CC1)(c1ccccc1)C(F)(F)F. The zero-order valence-electron chi connectivity index (χ0n) is 21.9. The number of amides is 1. The molecule has 10 heteroatoms. The zero-order valence-corrected chi connectivity index (χ0v) is 21.9.